The van der Waals surface area contributed by atoms with Crippen molar-refractivity contribution in [3.8, 4) is 0 Å². The standard InChI is InChI=1S/C16H14BrNS/c1-11-18-10-16(19-11)15(17)9-12-6-7-13-4-2-3-5-14(13)8-12/h2-8,10,15H,9H2,1H3. The molecule has 19 heavy (non-hydrogen) atoms. The van der Waals surface area contributed by atoms with Gasteiger partial charge in [-0.25, -0.2) is 4.98 Å². The second kappa shape index (κ2) is 5.43. The molecule has 0 radical (unpaired) electrons. The Kier molecular flexibility index (Phi) is 3.67. The summed E-state index contributed by atoms with van der Waals surface area (Å²) in [6, 6.07) is 15.2. The third-order valence-electron chi connectivity index (χ3n) is 3.18. The van der Waals surface area contributed by atoms with Crippen molar-refractivity contribution in [3.05, 3.63) is 64.1 Å². The highest BCUT2D eigenvalue weighted by atomic mass is 79.9. The van der Waals surface area contributed by atoms with Crippen molar-refractivity contribution >= 4 is 38.0 Å². The van der Waals surface area contributed by atoms with Crippen LogP contribution in [-0.2, 0) is 6.42 Å². The van der Waals surface area contributed by atoms with Crippen LogP contribution in [0.15, 0.2) is 48.7 Å². The molecule has 1 aromatic heterocycles. The second-order valence-electron chi connectivity index (χ2n) is 4.63. The summed E-state index contributed by atoms with van der Waals surface area (Å²) in [5.74, 6) is 0. The van der Waals surface area contributed by atoms with Crippen molar-refractivity contribution < 1.29 is 0 Å². The van der Waals surface area contributed by atoms with Gasteiger partial charge in [0.15, 0.2) is 0 Å². The summed E-state index contributed by atoms with van der Waals surface area (Å²) in [5.41, 5.74) is 1.35. The summed E-state index contributed by atoms with van der Waals surface area (Å²) in [6.45, 7) is 2.05. The second-order valence-corrected chi connectivity index (χ2v) is 7.01. The molecule has 3 aromatic rings. The third-order valence-corrected chi connectivity index (χ3v) is 5.32. The van der Waals surface area contributed by atoms with Crippen LogP contribution >= 0.6 is 27.3 Å². The molecular weight excluding hydrogens is 318 g/mol. The molecule has 3 heteroatoms. The number of halogens is 1. The van der Waals surface area contributed by atoms with E-state index in [2.05, 4.69) is 63.4 Å². The lowest BCUT2D eigenvalue weighted by molar-refractivity contribution is 0.967. The summed E-state index contributed by atoms with van der Waals surface area (Å²) < 4.78 is 0. The van der Waals surface area contributed by atoms with E-state index in [-0.39, 0.29) is 0 Å². The zero-order valence-electron chi connectivity index (χ0n) is 10.6. The summed E-state index contributed by atoms with van der Waals surface area (Å²) in [6.07, 6.45) is 2.97. The Bertz CT molecular complexity index is 705. The minimum atomic E-state index is 0.347. The van der Waals surface area contributed by atoms with Gasteiger partial charge in [0.1, 0.15) is 0 Å². The number of aromatic nitrogens is 1. The van der Waals surface area contributed by atoms with Crippen LogP contribution in [0.3, 0.4) is 0 Å². The molecule has 0 spiro atoms. The van der Waals surface area contributed by atoms with Crippen LogP contribution in [0.25, 0.3) is 10.8 Å². The van der Waals surface area contributed by atoms with Crippen molar-refractivity contribution in [2.75, 3.05) is 0 Å². The van der Waals surface area contributed by atoms with Gasteiger partial charge in [0.2, 0.25) is 0 Å². The number of hydrogen-bond acceptors (Lipinski definition) is 2. The normalized spacial score (nSPS) is 12.7. The van der Waals surface area contributed by atoms with E-state index in [4.69, 9.17) is 0 Å². The average molecular weight is 332 g/mol. The molecule has 1 unspecified atom stereocenters. The van der Waals surface area contributed by atoms with E-state index in [1.807, 2.05) is 13.1 Å². The van der Waals surface area contributed by atoms with E-state index in [1.165, 1.54) is 21.2 Å². The van der Waals surface area contributed by atoms with Crippen molar-refractivity contribution in [1.82, 2.24) is 4.98 Å². The van der Waals surface area contributed by atoms with Crippen LogP contribution in [0.5, 0.6) is 0 Å². The Balaban J connectivity index is 1.84. The molecule has 1 heterocycles. The van der Waals surface area contributed by atoms with Gasteiger partial charge >= 0.3 is 0 Å². The highest BCUT2D eigenvalue weighted by Crippen LogP contribution is 2.31. The number of rotatable bonds is 3. The smallest absolute Gasteiger partial charge is 0.0897 e. The molecule has 0 fully saturated rings. The van der Waals surface area contributed by atoms with E-state index in [9.17, 15) is 0 Å². The highest BCUT2D eigenvalue weighted by Gasteiger charge is 2.11. The lowest BCUT2D eigenvalue weighted by Crippen LogP contribution is -1.93. The van der Waals surface area contributed by atoms with Gasteiger partial charge in [-0.05, 0) is 29.7 Å². The molecular formula is C16H14BrNS. The monoisotopic (exact) mass is 331 g/mol. The van der Waals surface area contributed by atoms with Crippen molar-refractivity contribution in [1.29, 1.82) is 0 Å². The van der Waals surface area contributed by atoms with Crippen LogP contribution in [0.4, 0.5) is 0 Å². The first-order valence-corrected chi connectivity index (χ1v) is 7.99. The summed E-state index contributed by atoms with van der Waals surface area (Å²) >= 11 is 5.53. The van der Waals surface area contributed by atoms with E-state index >= 15 is 0 Å². The summed E-state index contributed by atoms with van der Waals surface area (Å²) in [5, 5.41) is 3.73. The lowest BCUT2D eigenvalue weighted by atomic mass is 10.0. The Morgan fingerprint density at radius 2 is 1.95 bits per heavy atom. The quantitative estimate of drug-likeness (QED) is 0.594. The number of fused-ring (bicyclic) bond motifs is 1. The van der Waals surface area contributed by atoms with Crippen molar-refractivity contribution in [2.45, 2.75) is 18.2 Å². The predicted octanol–water partition coefficient (Wildman–Crippen LogP) is 5.28. The van der Waals surface area contributed by atoms with Gasteiger partial charge in [-0.15, -0.1) is 11.3 Å². The van der Waals surface area contributed by atoms with Gasteiger partial charge in [-0.3, -0.25) is 0 Å². The van der Waals surface area contributed by atoms with Crippen LogP contribution in [-0.4, -0.2) is 4.98 Å². The maximum Gasteiger partial charge on any atom is 0.0897 e. The maximum absolute atomic E-state index is 4.32. The Labute approximate surface area is 125 Å². The van der Waals surface area contributed by atoms with E-state index in [0.717, 1.165) is 11.4 Å². The molecule has 96 valence electrons. The molecule has 0 amide bonds. The number of alkyl halides is 1. The molecule has 3 rings (SSSR count). The molecule has 0 N–H and O–H groups in total. The third kappa shape index (κ3) is 2.88. The largest absolute Gasteiger partial charge is 0.250 e. The fourth-order valence-corrected chi connectivity index (χ4v) is 3.73. The van der Waals surface area contributed by atoms with Crippen LogP contribution in [0.2, 0.25) is 0 Å². The topological polar surface area (TPSA) is 12.9 Å². The van der Waals surface area contributed by atoms with Crippen LogP contribution in [0, 0.1) is 6.92 Å². The van der Waals surface area contributed by atoms with Gasteiger partial charge in [0.25, 0.3) is 0 Å². The van der Waals surface area contributed by atoms with E-state index in [0.29, 0.717) is 4.83 Å². The number of aryl methyl sites for hydroxylation is 1. The lowest BCUT2D eigenvalue weighted by Gasteiger charge is -2.08. The molecule has 0 saturated heterocycles. The molecule has 0 bridgehead atoms. The Morgan fingerprint density at radius 1 is 1.16 bits per heavy atom. The highest BCUT2D eigenvalue weighted by molar-refractivity contribution is 9.09. The number of benzene rings is 2. The first-order valence-electron chi connectivity index (χ1n) is 6.26. The average Bonchev–Trinajstić information content (AvgIpc) is 2.85. The Morgan fingerprint density at radius 3 is 2.68 bits per heavy atom. The Hall–Kier alpha value is -1.19. The van der Waals surface area contributed by atoms with Crippen molar-refractivity contribution in [3.63, 3.8) is 0 Å². The van der Waals surface area contributed by atoms with Gasteiger partial charge in [0, 0.05) is 11.1 Å². The SMILES string of the molecule is Cc1ncc(C(Br)Cc2ccc3ccccc3c2)s1. The maximum atomic E-state index is 4.32. The fraction of sp³-hybridized carbons (Fsp3) is 0.188. The fourth-order valence-electron chi connectivity index (χ4n) is 2.20. The number of thiazole rings is 1. The van der Waals surface area contributed by atoms with Crippen molar-refractivity contribution in [2.24, 2.45) is 0 Å². The predicted molar refractivity (Wildman–Crippen MR) is 86.2 cm³/mol. The zero-order chi connectivity index (χ0) is 13.2. The molecule has 0 aliphatic heterocycles. The van der Waals surface area contributed by atoms with Gasteiger partial charge < -0.3 is 0 Å². The van der Waals surface area contributed by atoms with Crippen LogP contribution in [0.1, 0.15) is 20.3 Å². The summed E-state index contributed by atoms with van der Waals surface area (Å²) in [7, 11) is 0. The summed E-state index contributed by atoms with van der Waals surface area (Å²) in [4.78, 5) is 5.96. The van der Waals surface area contributed by atoms with E-state index in [1.54, 1.807) is 11.3 Å². The molecule has 2 aromatic carbocycles. The minimum Gasteiger partial charge on any atom is -0.250 e. The number of nitrogens with zero attached hydrogens (tertiary/aromatic N) is 1. The molecule has 0 aliphatic rings. The van der Waals surface area contributed by atoms with Crippen LogP contribution < -0.4 is 0 Å². The van der Waals surface area contributed by atoms with Gasteiger partial charge in [-0.2, -0.15) is 0 Å². The zero-order valence-corrected chi connectivity index (χ0v) is 13.0. The number of hydrogen-bond donors (Lipinski definition) is 0. The minimum absolute atomic E-state index is 0.347. The molecule has 0 aliphatic carbocycles. The van der Waals surface area contributed by atoms with Gasteiger partial charge in [-0.1, -0.05) is 58.4 Å². The first-order chi connectivity index (χ1) is 9.22. The first kappa shape index (κ1) is 12.8. The molecule has 0 saturated carbocycles. The van der Waals surface area contributed by atoms with Gasteiger partial charge in [0.05, 0.1) is 9.83 Å². The molecule has 1 atom stereocenters. The van der Waals surface area contributed by atoms with E-state index < -0.39 is 0 Å². The molecule has 1 nitrogen and oxygen atoms in total.